The summed E-state index contributed by atoms with van der Waals surface area (Å²) < 4.78 is 75.2. The largest absolute Gasteiger partial charge is 0.482 e. The van der Waals surface area contributed by atoms with Crippen LogP contribution in [0.15, 0.2) is 18.3 Å². The van der Waals surface area contributed by atoms with Gasteiger partial charge < -0.3 is 14.8 Å². The Bertz CT molecular complexity index is 1420. The monoisotopic (exact) mass is 547 g/mol. The smallest absolute Gasteiger partial charge is 0.291 e. The number of rotatable bonds is 7. The molecule has 194 valence electrons. The number of hydrogen-bond donors (Lipinski definition) is 1. The molecule has 3 aromatic rings. The van der Waals surface area contributed by atoms with Gasteiger partial charge in [-0.3, -0.25) is 4.79 Å². The zero-order valence-electron chi connectivity index (χ0n) is 19.1. The lowest BCUT2D eigenvalue weighted by Gasteiger charge is -2.33. The van der Waals surface area contributed by atoms with Crippen molar-refractivity contribution in [3.63, 3.8) is 0 Å². The van der Waals surface area contributed by atoms with E-state index in [1.165, 1.54) is 19.2 Å². The summed E-state index contributed by atoms with van der Waals surface area (Å²) >= 11 is 5.86. The number of pyridine rings is 2. The van der Waals surface area contributed by atoms with E-state index in [4.69, 9.17) is 21.1 Å². The number of nitrogens with one attached hydrogen (secondary N) is 1. The lowest BCUT2D eigenvalue weighted by atomic mass is 9.95. The van der Waals surface area contributed by atoms with E-state index in [2.05, 4.69) is 20.4 Å². The van der Waals surface area contributed by atoms with Crippen LogP contribution in [0.5, 0.6) is 17.4 Å². The number of nitrogens with zero attached hydrogens (tertiary/aromatic N) is 4. The third kappa shape index (κ3) is 5.64. The Labute approximate surface area is 208 Å². The van der Waals surface area contributed by atoms with Crippen molar-refractivity contribution in [2.75, 3.05) is 18.1 Å². The molecule has 1 amide bonds. The fourth-order valence-corrected chi connectivity index (χ4v) is 5.45. The molecule has 0 spiro atoms. The Morgan fingerprint density at radius 2 is 1.97 bits per heavy atom. The number of fused-ring (bicyclic) bond motifs is 1. The maximum atomic E-state index is 14.9. The summed E-state index contributed by atoms with van der Waals surface area (Å²) in [6.07, 6.45) is -1.11. The normalized spacial score (nSPS) is 16.8. The molecule has 3 aromatic heterocycles. The highest BCUT2D eigenvalue weighted by Gasteiger charge is 2.35. The summed E-state index contributed by atoms with van der Waals surface area (Å²) in [5.74, 6) is -2.50. The van der Waals surface area contributed by atoms with Gasteiger partial charge in [-0.25, -0.2) is 31.1 Å². The molecule has 0 atom stereocenters. The minimum Gasteiger partial charge on any atom is -0.482 e. The topological polar surface area (TPSA) is 125 Å². The quantitative estimate of drug-likeness (QED) is 0.477. The van der Waals surface area contributed by atoms with Crippen molar-refractivity contribution in [2.24, 2.45) is 0 Å². The zero-order valence-corrected chi connectivity index (χ0v) is 20.7. The van der Waals surface area contributed by atoms with Crippen LogP contribution < -0.4 is 14.8 Å². The number of aryl methyl sites for hydroxylation is 1. The highest BCUT2D eigenvalue weighted by Crippen LogP contribution is 2.34. The summed E-state index contributed by atoms with van der Waals surface area (Å²) in [6.45, 7) is 2.30. The second kappa shape index (κ2) is 9.73. The van der Waals surface area contributed by atoms with E-state index >= 15 is 0 Å². The fraction of sp³-hybridized carbons (Fsp3) is 0.429. The van der Waals surface area contributed by atoms with Crippen molar-refractivity contribution < 1.29 is 35.9 Å². The summed E-state index contributed by atoms with van der Waals surface area (Å²) in [4.78, 5) is 20.7. The minimum absolute atomic E-state index is 0.0570. The van der Waals surface area contributed by atoms with Crippen LogP contribution in [0, 0.1) is 12.7 Å². The lowest BCUT2D eigenvalue weighted by molar-refractivity contribution is 0.0804. The first-order valence-electron chi connectivity index (χ1n) is 10.7. The molecular weight excluding hydrogens is 527 g/mol. The molecule has 1 fully saturated rings. The van der Waals surface area contributed by atoms with Crippen molar-refractivity contribution in [1.29, 1.82) is 0 Å². The van der Waals surface area contributed by atoms with E-state index in [1.54, 1.807) is 6.92 Å². The fourth-order valence-electron chi connectivity index (χ4n) is 3.58. The molecular formula is C21H21ClF3N5O5S. The second-order valence-electron chi connectivity index (χ2n) is 8.54. The number of hydrogen-bond acceptors (Lipinski definition) is 8. The van der Waals surface area contributed by atoms with Crippen molar-refractivity contribution >= 4 is 33.0 Å². The summed E-state index contributed by atoms with van der Waals surface area (Å²) in [6, 6.07) is 2.22. The molecule has 0 bridgehead atoms. The maximum Gasteiger partial charge on any atom is 0.291 e. The van der Waals surface area contributed by atoms with E-state index in [0.29, 0.717) is 0 Å². The molecule has 1 N–H and O–H groups in total. The second-order valence-corrected chi connectivity index (χ2v) is 11.3. The summed E-state index contributed by atoms with van der Waals surface area (Å²) in [5, 5.41) is 6.94. The van der Waals surface area contributed by atoms with Crippen LogP contribution in [0.3, 0.4) is 0 Å². The SMILES string of the molecule is Cc1c(Oc2ncc(Cl)cc2OCC(F)F)cc(F)c2nc(C(=O)NC3(C)CCS(=O)(=O)CC3)nn12. The van der Waals surface area contributed by atoms with Gasteiger partial charge >= 0.3 is 0 Å². The molecule has 4 heterocycles. The molecule has 15 heteroatoms. The first-order chi connectivity index (χ1) is 16.9. The van der Waals surface area contributed by atoms with Gasteiger partial charge in [0.25, 0.3) is 18.2 Å². The van der Waals surface area contributed by atoms with Gasteiger partial charge in [0.1, 0.15) is 16.4 Å². The molecule has 0 aliphatic carbocycles. The van der Waals surface area contributed by atoms with Crippen LogP contribution in [-0.4, -0.2) is 64.0 Å². The summed E-state index contributed by atoms with van der Waals surface area (Å²) in [7, 11) is -3.14. The van der Waals surface area contributed by atoms with Crippen LogP contribution in [0.1, 0.15) is 36.1 Å². The maximum absolute atomic E-state index is 14.9. The van der Waals surface area contributed by atoms with Crippen LogP contribution >= 0.6 is 11.6 Å². The van der Waals surface area contributed by atoms with Gasteiger partial charge in [-0.2, -0.15) is 4.98 Å². The van der Waals surface area contributed by atoms with Gasteiger partial charge in [-0.15, -0.1) is 5.10 Å². The number of aromatic nitrogens is 4. The third-order valence-electron chi connectivity index (χ3n) is 5.66. The van der Waals surface area contributed by atoms with E-state index in [1.807, 2.05) is 0 Å². The van der Waals surface area contributed by atoms with Crippen molar-refractivity contribution in [2.45, 2.75) is 38.7 Å². The van der Waals surface area contributed by atoms with Gasteiger partial charge in [0.15, 0.2) is 23.0 Å². The molecule has 0 unspecified atom stereocenters. The van der Waals surface area contributed by atoms with Crippen LogP contribution in [0.4, 0.5) is 13.2 Å². The Morgan fingerprint density at radius 3 is 2.64 bits per heavy atom. The van der Waals surface area contributed by atoms with Gasteiger partial charge in [0.2, 0.25) is 5.82 Å². The zero-order chi connectivity index (χ0) is 26.3. The average molecular weight is 548 g/mol. The minimum atomic E-state index is -3.14. The number of carbonyl (C=O) groups excluding carboxylic acids is 1. The summed E-state index contributed by atoms with van der Waals surface area (Å²) in [5.41, 5.74) is -0.805. The van der Waals surface area contributed by atoms with E-state index in [0.717, 1.165) is 10.6 Å². The number of ether oxygens (including phenoxy) is 2. The van der Waals surface area contributed by atoms with Crippen molar-refractivity contribution in [3.8, 4) is 17.4 Å². The van der Waals surface area contributed by atoms with E-state index < -0.39 is 40.1 Å². The molecule has 1 aliphatic rings. The van der Waals surface area contributed by atoms with E-state index in [9.17, 15) is 26.4 Å². The highest BCUT2D eigenvalue weighted by atomic mass is 35.5. The van der Waals surface area contributed by atoms with Crippen LogP contribution in [0.2, 0.25) is 5.02 Å². The van der Waals surface area contributed by atoms with Gasteiger partial charge in [-0.05, 0) is 26.7 Å². The third-order valence-corrected chi connectivity index (χ3v) is 7.52. The molecule has 1 saturated heterocycles. The number of amides is 1. The van der Waals surface area contributed by atoms with Crippen molar-refractivity contribution in [1.82, 2.24) is 24.9 Å². The molecule has 0 radical (unpaired) electrons. The van der Waals surface area contributed by atoms with Crippen LogP contribution in [0.25, 0.3) is 5.65 Å². The molecule has 4 rings (SSSR count). The molecule has 1 aliphatic heterocycles. The number of alkyl halides is 2. The number of sulfone groups is 1. The molecule has 10 nitrogen and oxygen atoms in total. The standard InChI is InChI=1S/C21H21ClF3N5O5S/c1-11-14(35-20-15(34-10-16(24)25)7-12(22)9-26-20)8-13(23)18-27-17(29-30(11)18)19(31)28-21(2)3-5-36(32,33)6-4-21/h7-9,16H,3-6,10H2,1-2H3,(H,28,31). The Morgan fingerprint density at radius 1 is 1.28 bits per heavy atom. The molecule has 0 aromatic carbocycles. The first kappa shape index (κ1) is 25.9. The molecule has 36 heavy (non-hydrogen) atoms. The number of carbonyl (C=O) groups is 1. The van der Waals surface area contributed by atoms with Gasteiger partial charge in [-0.1, -0.05) is 11.6 Å². The van der Waals surface area contributed by atoms with Crippen molar-refractivity contribution in [3.05, 3.63) is 40.7 Å². The lowest BCUT2D eigenvalue weighted by Crippen LogP contribution is -2.51. The average Bonchev–Trinajstić information content (AvgIpc) is 3.26. The predicted molar refractivity (Wildman–Crippen MR) is 122 cm³/mol. The van der Waals surface area contributed by atoms with E-state index in [-0.39, 0.29) is 63.9 Å². The number of halogens is 4. The van der Waals surface area contributed by atoms with Gasteiger partial charge in [0.05, 0.1) is 22.2 Å². The predicted octanol–water partition coefficient (Wildman–Crippen LogP) is 3.36. The Hall–Kier alpha value is -3.13. The highest BCUT2D eigenvalue weighted by molar-refractivity contribution is 7.91. The molecule has 0 saturated carbocycles. The van der Waals surface area contributed by atoms with Gasteiger partial charge in [0, 0.05) is 23.9 Å². The Balaban J connectivity index is 1.60. The Kier molecular flexibility index (Phi) is 7.01. The van der Waals surface area contributed by atoms with Crippen LogP contribution in [-0.2, 0) is 9.84 Å². The first-order valence-corrected chi connectivity index (χ1v) is 12.9.